The van der Waals surface area contributed by atoms with Crippen LogP contribution in [0.3, 0.4) is 0 Å². The number of H-pyrrole nitrogens is 1. The van der Waals surface area contributed by atoms with E-state index in [0.717, 1.165) is 29.2 Å². The molecule has 0 spiro atoms. The zero-order valence-electron chi connectivity index (χ0n) is 17.3. The number of anilines is 2. The second-order valence-corrected chi connectivity index (χ2v) is 7.43. The van der Waals surface area contributed by atoms with Gasteiger partial charge in [-0.3, -0.25) is 4.79 Å². The molecule has 30 heavy (non-hydrogen) atoms. The molecular formula is C21H24N8O. The molecule has 0 radical (unpaired) electrons. The number of rotatable bonds is 5. The number of imidazole rings is 1. The van der Waals surface area contributed by atoms with E-state index in [9.17, 15) is 4.79 Å². The fraction of sp³-hybridized carbons (Fsp3) is 0.333. The highest BCUT2D eigenvalue weighted by atomic mass is 16.2. The van der Waals surface area contributed by atoms with E-state index >= 15 is 0 Å². The van der Waals surface area contributed by atoms with Gasteiger partial charge >= 0.3 is 0 Å². The molecule has 4 heterocycles. The molecule has 3 aromatic rings. The normalized spacial score (nSPS) is 16.4. The Morgan fingerprint density at radius 1 is 1.17 bits per heavy atom. The quantitative estimate of drug-likeness (QED) is 0.629. The summed E-state index contributed by atoms with van der Waals surface area (Å²) in [6.07, 6.45) is 7.44. The minimum atomic E-state index is -0.0140. The summed E-state index contributed by atoms with van der Waals surface area (Å²) < 4.78 is 0. The molecule has 9 nitrogen and oxygen atoms in total. The largest absolute Gasteiger partial charge is 0.345 e. The van der Waals surface area contributed by atoms with Gasteiger partial charge in [-0.05, 0) is 39.3 Å². The minimum absolute atomic E-state index is 0.0140. The molecule has 154 valence electrons. The second-order valence-electron chi connectivity index (χ2n) is 7.43. The fourth-order valence-electron chi connectivity index (χ4n) is 3.59. The van der Waals surface area contributed by atoms with Gasteiger partial charge < -0.3 is 15.2 Å². The van der Waals surface area contributed by atoms with Crippen LogP contribution in [0.5, 0.6) is 0 Å². The molecule has 9 heteroatoms. The summed E-state index contributed by atoms with van der Waals surface area (Å²) in [5.41, 5.74) is 3.50. The molecule has 0 aliphatic carbocycles. The van der Waals surface area contributed by atoms with E-state index in [4.69, 9.17) is 0 Å². The van der Waals surface area contributed by atoms with Gasteiger partial charge in [0, 0.05) is 42.5 Å². The Bertz CT molecular complexity index is 1060. The van der Waals surface area contributed by atoms with Gasteiger partial charge in [-0.1, -0.05) is 0 Å². The van der Waals surface area contributed by atoms with Crippen molar-refractivity contribution in [2.45, 2.75) is 33.1 Å². The van der Waals surface area contributed by atoms with Crippen LogP contribution in [0.25, 0.3) is 6.08 Å². The second kappa shape index (κ2) is 8.40. The van der Waals surface area contributed by atoms with Crippen LogP contribution < -0.4 is 5.32 Å². The number of nitrogens with one attached hydrogen (secondary N) is 2. The number of nitrogens with zero attached hydrogens (tertiary/aromatic N) is 6. The summed E-state index contributed by atoms with van der Waals surface area (Å²) >= 11 is 0. The average Bonchev–Trinajstić information content (AvgIpc) is 3.37. The van der Waals surface area contributed by atoms with Crippen molar-refractivity contribution in [1.82, 2.24) is 34.8 Å². The van der Waals surface area contributed by atoms with Gasteiger partial charge in [0.2, 0.25) is 11.9 Å². The zero-order valence-corrected chi connectivity index (χ0v) is 17.3. The van der Waals surface area contributed by atoms with Crippen LogP contribution >= 0.6 is 0 Å². The minimum Gasteiger partial charge on any atom is -0.345 e. The van der Waals surface area contributed by atoms with Gasteiger partial charge in [-0.25, -0.2) is 24.9 Å². The predicted molar refractivity (Wildman–Crippen MR) is 113 cm³/mol. The summed E-state index contributed by atoms with van der Waals surface area (Å²) in [6.45, 7) is 7.05. The molecule has 3 aromatic heterocycles. The number of aromatic amines is 1. The molecule has 0 saturated carbocycles. The molecule has 1 amide bonds. The third-order valence-electron chi connectivity index (χ3n) is 4.92. The van der Waals surface area contributed by atoms with Gasteiger partial charge in [0.1, 0.15) is 11.6 Å². The van der Waals surface area contributed by atoms with Crippen LogP contribution in [0.1, 0.15) is 40.9 Å². The van der Waals surface area contributed by atoms with Crippen LogP contribution in [-0.2, 0) is 4.79 Å². The fourth-order valence-corrected chi connectivity index (χ4v) is 3.59. The van der Waals surface area contributed by atoms with Gasteiger partial charge in [0.15, 0.2) is 0 Å². The number of hydrogen-bond donors (Lipinski definition) is 2. The summed E-state index contributed by atoms with van der Waals surface area (Å²) in [5.74, 6) is 2.00. The van der Waals surface area contributed by atoms with Crippen LogP contribution in [0, 0.1) is 20.8 Å². The maximum absolute atomic E-state index is 12.5. The smallest absolute Gasteiger partial charge is 0.246 e. The third kappa shape index (κ3) is 4.68. The van der Waals surface area contributed by atoms with Gasteiger partial charge in [-0.15, -0.1) is 0 Å². The lowest BCUT2D eigenvalue weighted by Gasteiger charge is -2.15. The number of aryl methyl sites for hydroxylation is 3. The lowest BCUT2D eigenvalue weighted by molar-refractivity contribution is -0.124. The summed E-state index contributed by atoms with van der Waals surface area (Å²) in [6, 6.07) is 3.85. The molecule has 1 aliphatic heterocycles. The third-order valence-corrected chi connectivity index (χ3v) is 4.92. The van der Waals surface area contributed by atoms with Gasteiger partial charge in [0.05, 0.1) is 23.9 Å². The Labute approximate surface area is 174 Å². The van der Waals surface area contributed by atoms with Crippen LogP contribution in [0.2, 0.25) is 0 Å². The first-order valence-electron chi connectivity index (χ1n) is 9.86. The van der Waals surface area contributed by atoms with Crippen LogP contribution in [0.4, 0.5) is 11.8 Å². The van der Waals surface area contributed by atoms with Crippen molar-refractivity contribution in [2.75, 3.05) is 18.4 Å². The van der Waals surface area contributed by atoms with E-state index in [1.54, 1.807) is 24.7 Å². The number of carbonyl (C=O) groups excluding carboxylic acids is 1. The van der Waals surface area contributed by atoms with Gasteiger partial charge in [-0.2, -0.15) is 0 Å². The van der Waals surface area contributed by atoms with E-state index in [-0.39, 0.29) is 11.8 Å². The Hall–Kier alpha value is -3.62. The van der Waals surface area contributed by atoms with Crippen molar-refractivity contribution in [3.8, 4) is 0 Å². The molecule has 0 bridgehead atoms. The Morgan fingerprint density at radius 3 is 2.70 bits per heavy atom. The van der Waals surface area contributed by atoms with E-state index in [0.29, 0.717) is 30.7 Å². The Balaban J connectivity index is 1.46. The van der Waals surface area contributed by atoms with Crippen LogP contribution in [0.15, 0.2) is 30.7 Å². The first kappa shape index (κ1) is 19.7. The lowest BCUT2D eigenvalue weighted by atomic mass is 10.0. The average molecular weight is 404 g/mol. The van der Waals surface area contributed by atoms with Crippen LogP contribution in [-0.4, -0.2) is 53.8 Å². The van der Waals surface area contributed by atoms with E-state index in [2.05, 4.69) is 35.2 Å². The Morgan fingerprint density at radius 2 is 1.97 bits per heavy atom. The number of hydrogen-bond acceptors (Lipinski definition) is 7. The molecule has 1 aliphatic rings. The highest BCUT2D eigenvalue weighted by Gasteiger charge is 2.27. The molecule has 1 atom stereocenters. The molecule has 0 aromatic carbocycles. The maximum atomic E-state index is 12.5. The maximum Gasteiger partial charge on any atom is 0.246 e. The number of aromatic nitrogens is 6. The van der Waals surface area contributed by atoms with Crippen molar-refractivity contribution in [2.24, 2.45) is 0 Å². The summed E-state index contributed by atoms with van der Waals surface area (Å²) in [4.78, 5) is 39.1. The highest BCUT2D eigenvalue weighted by molar-refractivity contribution is 5.91. The predicted octanol–water partition coefficient (Wildman–Crippen LogP) is 2.69. The zero-order chi connectivity index (χ0) is 21.1. The molecular weight excluding hydrogens is 380 g/mol. The van der Waals surface area contributed by atoms with Crippen molar-refractivity contribution in [3.05, 3.63) is 59.3 Å². The standard InChI is InChI=1S/C21H24N8O/c1-13-8-14(2)25-21(24-13)28-19-9-18(26-15(3)27-19)16-6-7-29(11-16)20(30)5-4-17-10-22-12-23-17/h4-5,8-10,12,16H,6-7,11H2,1-3H3,(H,22,23)(H,24,25,26,27,28). The first-order chi connectivity index (χ1) is 14.5. The van der Waals surface area contributed by atoms with Crippen molar-refractivity contribution in [1.29, 1.82) is 0 Å². The molecule has 1 saturated heterocycles. The topological polar surface area (TPSA) is 113 Å². The van der Waals surface area contributed by atoms with Crippen molar-refractivity contribution < 1.29 is 4.79 Å². The highest BCUT2D eigenvalue weighted by Crippen LogP contribution is 2.28. The molecule has 1 fully saturated rings. The first-order valence-corrected chi connectivity index (χ1v) is 9.86. The molecule has 2 N–H and O–H groups in total. The summed E-state index contributed by atoms with van der Waals surface area (Å²) in [5, 5.41) is 3.19. The van der Waals surface area contributed by atoms with Crippen molar-refractivity contribution >= 4 is 23.7 Å². The summed E-state index contributed by atoms with van der Waals surface area (Å²) in [7, 11) is 0. The van der Waals surface area contributed by atoms with E-state index in [1.807, 2.05) is 37.8 Å². The van der Waals surface area contributed by atoms with Gasteiger partial charge in [0.25, 0.3) is 0 Å². The van der Waals surface area contributed by atoms with E-state index < -0.39 is 0 Å². The number of amides is 1. The molecule has 4 rings (SSSR count). The van der Waals surface area contributed by atoms with Crippen molar-refractivity contribution in [3.63, 3.8) is 0 Å². The SMILES string of the molecule is Cc1cc(C)nc(Nc2cc(C3CCN(C(=O)C=Cc4cnc[nH]4)C3)nc(C)n2)n1. The van der Waals surface area contributed by atoms with E-state index in [1.165, 1.54) is 0 Å². The number of likely N-dealkylation sites (tertiary alicyclic amines) is 1. The molecule has 1 unspecified atom stereocenters. The number of carbonyl (C=O) groups is 1. The monoisotopic (exact) mass is 404 g/mol. The Kier molecular flexibility index (Phi) is 5.51. The lowest BCUT2D eigenvalue weighted by Crippen LogP contribution is -2.26.